The molecule has 1 aliphatic carbocycles. The van der Waals surface area contributed by atoms with Crippen LogP contribution in [0.5, 0.6) is 0 Å². The van der Waals surface area contributed by atoms with Gasteiger partial charge in [-0.25, -0.2) is 0 Å². The second-order valence-corrected chi connectivity index (χ2v) is 9.73. The van der Waals surface area contributed by atoms with Crippen LogP contribution >= 0.6 is 0 Å². The third-order valence-electron chi connectivity index (χ3n) is 4.69. The van der Waals surface area contributed by atoms with Gasteiger partial charge in [0.15, 0.2) is 0 Å². The molecule has 0 heterocycles. The zero-order valence-corrected chi connectivity index (χ0v) is 16.0. The van der Waals surface area contributed by atoms with E-state index in [1.54, 1.807) is 9.13 Å². The topological polar surface area (TPSA) is 0 Å². The summed E-state index contributed by atoms with van der Waals surface area (Å²) >= 11 is 0.110. The third-order valence-corrected chi connectivity index (χ3v) is 6.75. The second kappa shape index (κ2) is 4.84. The van der Waals surface area contributed by atoms with Crippen molar-refractivity contribution in [3.05, 3.63) is 56.7 Å². The molecule has 2 aromatic rings. The molecule has 0 aliphatic heterocycles. The van der Waals surface area contributed by atoms with E-state index in [2.05, 4.69) is 75.9 Å². The summed E-state index contributed by atoms with van der Waals surface area (Å²) in [4.78, 5) is 2.37. The number of hydrogen-bond acceptors (Lipinski definition) is 0. The van der Waals surface area contributed by atoms with E-state index >= 15 is 0 Å². The van der Waals surface area contributed by atoms with Gasteiger partial charge in [0.1, 0.15) is 0 Å². The number of benzene rings is 2. The fourth-order valence-corrected chi connectivity index (χ4v) is 5.51. The van der Waals surface area contributed by atoms with Crippen LogP contribution in [0.15, 0.2) is 36.4 Å². The van der Waals surface area contributed by atoms with E-state index in [1.807, 2.05) is 0 Å². The molecule has 0 nitrogen and oxygen atoms in total. The van der Waals surface area contributed by atoms with Crippen molar-refractivity contribution >= 4 is 0 Å². The van der Waals surface area contributed by atoms with Crippen LogP contribution in [0.2, 0.25) is 0 Å². The molecule has 0 radical (unpaired) electrons. The van der Waals surface area contributed by atoms with Gasteiger partial charge in [-0.3, -0.25) is 0 Å². The summed E-state index contributed by atoms with van der Waals surface area (Å²) in [6.45, 7) is 11.7. The zero-order chi connectivity index (χ0) is 15.4. The number of alkyl halides is 1. The maximum atomic E-state index is 2.45. The minimum absolute atomic E-state index is 0.110. The van der Waals surface area contributed by atoms with Crippen molar-refractivity contribution in [1.82, 2.24) is 0 Å². The SMILES string of the molecule is C[I-]c1cccc2c1C(C)(C)c1cc(C(C)(C)C)ccc1-2. The van der Waals surface area contributed by atoms with Gasteiger partial charge in [-0.15, -0.1) is 0 Å². The Morgan fingerprint density at radius 1 is 0.952 bits per heavy atom. The molecule has 21 heavy (non-hydrogen) atoms. The second-order valence-electron chi connectivity index (χ2n) is 7.49. The van der Waals surface area contributed by atoms with Crippen molar-refractivity contribution in [2.75, 3.05) is 4.93 Å². The van der Waals surface area contributed by atoms with E-state index in [0.717, 1.165) is 0 Å². The molecule has 1 heteroatoms. The predicted molar refractivity (Wildman–Crippen MR) is 87.3 cm³/mol. The molecule has 0 bridgehead atoms. The van der Waals surface area contributed by atoms with Crippen LogP contribution in [-0.4, -0.2) is 4.93 Å². The summed E-state index contributed by atoms with van der Waals surface area (Å²) in [7, 11) is 0. The van der Waals surface area contributed by atoms with Gasteiger partial charge in [0.05, 0.1) is 0 Å². The van der Waals surface area contributed by atoms with Crippen molar-refractivity contribution in [3.8, 4) is 11.1 Å². The normalized spacial score (nSPS) is 15.9. The summed E-state index contributed by atoms with van der Waals surface area (Å²) in [5.74, 6) is 0. The van der Waals surface area contributed by atoms with Gasteiger partial charge < -0.3 is 0 Å². The van der Waals surface area contributed by atoms with E-state index in [0.29, 0.717) is 0 Å². The summed E-state index contributed by atoms with van der Waals surface area (Å²) in [5, 5.41) is 0. The first kappa shape index (κ1) is 15.1. The third kappa shape index (κ3) is 2.25. The van der Waals surface area contributed by atoms with E-state index < -0.39 is 0 Å². The molecule has 2 aromatic carbocycles. The summed E-state index contributed by atoms with van der Waals surface area (Å²) in [6, 6.07) is 14.0. The maximum absolute atomic E-state index is 2.45. The van der Waals surface area contributed by atoms with E-state index in [1.165, 1.54) is 22.3 Å². The van der Waals surface area contributed by atoms with Gasteiger partial charge in [-0.2, -0.15) is 0 Å². The fourth-order valence-electron chi connectivity index (χ4n) is 3.44. The molecule has 0 amide bonds. The molecule has 0 N–H and O–H groups in total. The fraction of sp³-hybridized carbons (Fsp3) is 0.400. The number of hydrogen-bond donors (Lipinski definition) is 0. The Kier molecular flexibility index (Phi) is 3.47. The van der Waals surface area contributed by atoms with Crippen LogP contribution in [0, 0.1) is 3.57 Å². The van der Waals surface area contributed by atoms with Crippen LogP contribution < -0.4 is 21.2 Å². The van der Waals surface area contributed by atoms with Gasteiger partial charge in [-0.1, -0.05) is 0 Å². The Morgan fingerprint density at radius 2 is 1.67 bits per heavy atom. The molecule has 0 saturated heterocycles. The molecular weight excluding hydrogens is 367 g/mol. The molecule has 0 unspecified atom stereocenters. The van der Waals surface area contributed by atoms with Crippen LogP contribution in [0.1, 0.15) is 51.3 Å². The van der Waals surface area contributed by atoms with Gasteiger partial charge >= 0.3 is 139 Å². The Balaban J connectivity index is 2.29. The van der Waals surface area contributed by atoms with Crippen molar-refractivity contribution in [2.24, 2.45) is 0 Å². The van der Waals surface area contributed by atoms with Gasteiger partial charge in [0.2, 0.25) is 0 Å². The van der Waals surface area contributed by atoms with Gasteiger partial charge in [0, 0.05) is 0 Å². The average molecular weight is 391 g/mol. The zero-order valence-electron chi connectivity index (χ0n) is 13.8. The molecule has 1 aliphatic rings. The molecule has 0 spiro atoms. The first-order valence-electron chi connectivity index (χ1n) is 7.55. The molecular formula is C20H24I-. The Labute approximate surface area is 139 Å². The van der Waals surface area contributed by atoms with Crippen molar-refractivity contribution < 1.29 is 21.2 Å². The van der Waals surface area contributed by atoms with Gasteiger partial charge in [-0.05, 0) is 0 Å². The Morgan fingerprint density at radius 3 is 2.29 bits per heavy atom. The average Bonchev–Trinajstić information content (AvgIpc) is 2.66. The molecule has 0 fully saturated rings. The van der Waals surface area contributed by atoms with E-state index in [9.17, 15) is 0 Å². The van der Waals surface area contributed by atoms with Crippen LogP contribution in [0.3, 0.4) is 0 Å². The first-order chi connectivity index (χ1) is 9.76. The Hall–Kier alpha value is -0.830. The molecule has 0 saturated carbocycles. The Bertz CT molecular complexity index is 702. The van der Waals surface area contributed by atoms with Crippen LogP contribution in [-0.2, 0) is 10.8 Å². The standard InChI is InChI=1S/C20H24I/c1-19(2,3)13-10-11-14-15-8-7-9-17(21-6)18(15)20(4,5)16(14)12-13/h7-12H,1-6H3/q-1. The van der Waals surface area contributed by atoms with E-state index in [4.69, 9.17) is 0 Å². The first-order valence-corrected chi connectivity index (χ1v) is 10.8. The molecule has 0 atom stereocenters. The van der Waals surface area contributed by atoms with Crippen LogP contribution in [0.4, 0.5) is 0 Å². The number of rotatable bonds is 1. The molecule has 3 rings (SSSR count). The molecule has 0 aromatic heterocycles. The quantitative estimate of drug-likeness (QED) is 0.517. The summed E-state index contributed by atoms with van der Waals surface area (Å²) in [6.07, 6.45) is 0. The summed E-state index contributed by atoms with van der Waals surface area (Å²) < 4.78 is 1.60. The van der Waals surface area contributed by atoms with Crippen molar-refractivity contribution in [2.45, 2.75) is 45.4 Å². The van der Waals surface area contributed by atoms with Crippen molar-refractivity contribution in [3.63, 3.8) is 0 Å². The van der Waals surface area contributed by atoms with Crippen molar-refractivity contribution in [1.29, 1.82) is 0 Å². The van der Waals surface area contributed by atoms with Gasteiger partial charge in [0.25, 0.3) is 0 Å². The number of fused-ring (bicyclic) bond motifs is 3. The predicted octanol–water partition coefficient (Wildman–Crippen LogP) is 2.18. The van der Waals surface area contributed by atoms with Crippen LogP contribution in [0.25, 0.3) is 11.1 Å². The monoisotopic (exact) mass is 391 g/mol. The van der Waals surface area contributed by atoms with E-state index in [-0.39, 0.29) is 32.0 Å². The number of halogens is 1. The summed E-state index contributed by atoms with van der Waals surface area (Å²) in [5.41, 5.74) is 7.79. The minimum atomic E-state index is 0.110. The molecule has 112 valence electrons.